The lowest BCUT2D eigenvalue weighted by Crippen LogP contribution is -2.72. The van der Waals surface area contributed by atoms with Crippen LogP contribution in [0.3, 0.4) is 0 Å². The molecular weight excluding hydrogens is 2430 g/mol. The van der Waals surface area contributed by atoms with Gasteiger partial charge in [0.1, 0.15) is 13.4 Å². The molecular formula is C46H90Br2Cl27F21Si13. The van der Waals surface area contributed by atoms with Gasteiger partial charge >= 0.3 is 96.1 Å². The van der Waals surface area contributed by atoms with Gasteiger partial charge < -0.3 is 0 Å². The Hall–Kier alpha value is 10.1. The van der Waals surface area contributed by atoms with Gasteiger partial charge in [-0.15, -0.1) is 308 Å². The standard InChI is InChI=1S/C9H4Cl3F15Si.C6H15BrSi.C6H15ClSi.C5H10ClF3Si.C4H9Cl3Si.C4H7Cl2F3Si.C4H10Cl2Si.C3H9BrSi.C2H4Cl6Si2.C2H5Cl3Si.CH2Cl6Si2/c10-28(11,12)2-1-3(13,14)4(15,16)5(17,18)6(19,20)7(21,22)8(23,24)9(25,26)27;2*1-4-8(7,5-2)6-3;1-10(2,6)4-3-5(7,8)9;1-4(2)3-8(5,6)7;1-10(5,6)3-2-4(7,8)9;1-3-7(5,6)4-2;1-5(2,3)4;3-9(4,5)1-2-10(6,7)8;1-2-6(3,4)5;2-8(3,4)1-9(5,6)7/h1-2H2;2*4-6H2,1-3H3;3-4H2,1-2H3;4H,3H2,1-2H3;2-3H2,1H3;3-4H2,1-2H3;1-3H3;1-2H2;2H2,1H3;1H2. The maximum Gasteiger partial charge on any atom is 0.460 e. The molecule has 0 spiro atoms. The van der Waals surface area contributed by atoms with Gasteiger partial charge in [-0.2, -0.15) is 114 Å². The highest BCUT2D eigenvalue weighted by Gasteiger charge is 2.93. The Balaban J connectivity index is -0.000000113. The first-order valence-electron chi connectivity index (χ1n) is 30.9. The number of rotatable bonds is 28. The largest absolute Gasteiger partial charge is 0.460 e. The molecule has 0 atom stereocenters. The number of hydrogen-bond acceptors (Lipinski definition) is 0. The second-order valence-corrected chi connectivity index (χ2v) is 141. The van der Waals surface area contributed by atoms with Crippen LogP contribution in [0.5, 0.6) is 0 Å². The molecule has 63 heteroatoms. The van der Waals surface area contributed by atoms with E-state index in [9.17, 15) is 92.2 Å². The third-order valence-corrected chi connectivity index (χ3v) is 60.9. The molecule has 676 valence electrons. The summed E-state index contributed by atoms with van der Waals surface area (Å²) in [5.41, 5.74) is 0.162. The van der Waals surface area contributed by atoms with Crippen molar-refractivity contribution < 1.29 is 92.2 Å². The molecule has 0 aromatic heterocycles. The topological polar surface area (TPSA) is 0 Å². The van der Waals surface area contributed by atoms with Gasteiger partial charge in [-0.1, -0.05) is 127 Å². The maximum atomic E-state index is 13.3. The molecule has 0 fully saturated rings. The minimum atomic E-state index is -8.30. The van der Waals surface area contributed by atoms with Crippen LogP contribution in [-0.2, 0) is 0 Å². The highest BCUT2D eigenvalue weighted by Crippen LogP contribution is 2.63. The van der Waals surface area contributed by atoms with Crippen LogP contribution in [0.15, 0.2) is 0 Å². The van der Waals surface area contributed by atoms with Gasteiger partial charge in [-0.05, 0) is 85.0 Å². The average molecular weight is 2520 g/mol. The van der Waals surface area contributed by atoms with Crippen molar-refractivity contribution in [2.75, 3.05) is 0 Å². The molecule has 0 aromatic carbocycles. The zero-order valence-electron chi connectivity index (χ0n) is 60.9. The van der Waals surface area contributed by atoms with Crippen LogP contribution in [0.1, 0.15) is 95.4 Å². The number of halogens is 50. The summed E-state index contributed by atoms with van der Waals surface area (Å²) in [5, 5.41) is 0. The van der Waals surface area contributed by atoms with Crippen LogP contribution >= 0.6 is 330 Å². The summed E-state index contributed by atoms with van der Waals surface area (Å²) in [7, 11) is -3.21. The Labute approximate surface area is 786 Å². The zero-order chi connectivity index (χ0) is 92.0. The summed E-state index contributed by atoms with van der Waals surface area (Å²) < 4.78 is 262. The quantitative estimate of drug-likeness (QED) is 0.0416. The third-order valence-electron chi connectivity index (χ3n) is 11.9. The first-order chi connectivity index (χ1) is 46.5. The summed E-state index contributed by atoms with van der Waals surface area (Å²) in [6, 6.07) is -8.94. The van der Waals surface area contributed by atoms with E-state index in [0.29, 0.717) is 24.1 Å². The minimum Gasteiger partial charge on any atom is -0.200 e. The van der Waals surface area contributed by atoms with Crippen LogP contribution in [0.25, 0.3) is 0 Å². The minimum absolute atomic E-state index is 0.109. The van der Waals surface area contributed by atoms with Crippen LogP contribution in [0.4, 0.5) is 92.2 Å². The van der Waals surface area contributed by atoms with Gasteiger partial charge in [0.2, 0.25) is 6.69 Å². The smallest absolute Gasteiger partial charge is 0.200 e. The van der Waals surface area contributed by atoms with Crippen molar-refractivity contribution in [2.24, 2.45) is 5.92 Å². The summed E-state index contributed by atoms with van der Waals surface area (Å²) in [6.45, 7) is 29.2. The molecule has 0 rings (SSSR count). The van der Waals surface area contributed by atoms with E-state index in [1.54, 1.807) is 13.1 Å². The highest BCUT2D eigenvalue weighted by molar-refractivity contribution is 9.26. The van der Waals surface area contributed by atoms with Crippen molar-refractivity contribution in [3.63, 3.8) is 0 Å². The van der Waals surface area contributed by atoms with Crippen LogP contribution in [0.2, 0.25) is 136 Å². The first kappa shape index (κ1) is 142. The molecule has 0 aliphatic heterocycles. The predicted octanol–water partition coefficient (Wildman–Crippen LogP) is 40.1. The van der Waals surface area contributed by atoms with E-state index in [-0.39, 0.29) is 17.8 Å². The van der Waals surface area contributed by atoms with E-state index in [0.717, 1.165) is 18.1 Å². The van der Waals surface area contributed by atoms with E-state index in [1.807, 2.05) is 20.8 Å². The molecule has 0 saturated heterocycles. The third kappa shape index (κ3) is 94.1. The molecule has 0 amide bonds. The monoisotopic (exact) mass is 2510 g/mol. The molecule has 0 unspecified atom stereocenters. The van der Waals surface area contributed by atoms with E-state index >= 15 is 0 Å². The van der Waals surface area contributed by atoms with E-state index < -0.39 is 163 Å². The fourth-order valence-electron chi connectivity index (χ4n) is 4.98. The molecule has 0 radical (unpaired) electrons. The van der Waals surface area contributed by atoms with Gasteiger partial charge in [0.15, 0.2) is 14.8 Å². The van der Waals surface area contributed by atoms with Crippen molar-refractivity contribution >= 4 is 413 Å². The van der Waals surface area contributed by atoms with Crippen LogP contribution in [-0.4, -0.2) is 138 Å². The van der Waals surface area contributed by atoms with Gasteiger partial charge in [-0.3, -0.25) is 0 Å². The average Bonchev–Trinajstić information content (AvgIpc) is 0.703. The summed E-state index contributed by atoms with van der Waals surface area (Å²) in [5.74, 6) is -46.1. The van der Waals surface area contributed by atoms with Gasteiger partial charge in [0.25, 0.3) is 6.69 Å². The molecule has 0 N–H and O–H groups in total. The van der Waals surface area contributed by atoms with E-state index in [1.165, 1.54) is 42.8 Å². The van der Waals surface area contributed by atoms with Crippen LogP contribution in [0, 0.1) is 5.92 Å². The Morgan fingerprint density at radius 3 is 0.633 bits per heavy atom. The number of alkyl halides is 21. The molecule has 109 heavy (non-hydrogen) atoms. The lowest BCUT2D eigenvalue weighted by Gasteiger charge is -2.41. The second kappa shape index (κ2) is 60.2. The normalized spacial score (nSPS) is 13.9. The lowest BCUT2D eigenvalue weighted by atomic mass is 9.90. The fourth-order valence-corrected chi connectivity index (χ4v) is 41.6. The molecule has 0 nitrogen and oxygen atoms in total. The van der Waals surface area contributed by atoms with Crippen molar-refractivity contribution in [3.8, 4) is 0 Å². The predicted molar refractivity (Wildman–Crippen MR) is 490 cm³/mol. The lowest BCUT2D eigenvalue weighted by molar-refractivity contribution is -0.452. The Morgan fingerprint density at radius 2 is 0.532 bits per heavy atom. The molecule has 0 bridgehead atoms. The second-order valence-electron chi connectivity index (χ2n) is 24.6. The number of hydrogen-bond donors (Lipinski definition) is 0. The highest BCUT2D eigenvalue weighted by atomic mass is 79.9. The Bertz CT molecular complexity index is 2120. The zero-order valence-corrected chi connectivity index (χ0v) is 97.5. The SMILES string of the molecule is CC(C)C[Si](Cl)(Cl)Cl.CC[Si](Br)(CC)CC.CC[Si](Cl)(CC)CC.CC[Si](Cl)(Cl)CC.CC[Si](Cl)(Cl)Cl.C[Si](C)(C)Br.C[Si](C)(Cl)CCC(F)(F)F.C[Si](Cl)(Cl)CCC(F)(F)F.Cl[Si](Cl)(Cl)CC[Si](Cl)(Cl)Cl.Cl[Si](Cl)(Cl)C[Si](Cl)(Cl)Cl.FC(F)(F)C(F)(F)C(F)(F)C(F)(F)C(F)(F)C(F)(F)C(F)(F)CC[Si](Cl)(Cl)Cl. The summed E-state index contributed by atoms with van der Waals surface area (Å²) in [6.07, 6.45) is -20.0. The van der Waals surface area contributed by atoms with Crippen molar-refractivity contribution in [1.82, 2.24) is 0 Å². The summed E-state index contributed by atoms with van der Waals surface area (Å²) in [4.78, 5) is 0. The van der Waals surface area contributed by atoms with Crippen LogP contribution < -0.4 is 0 Å². The van der Waals surface area contributed by atoms with Gasteiger partial charge in [0.05, 0.1) is 0 Å². The molecule has 0 aliphatic rings. The van der Waals surface area contributed by atoms with E-state index in [4.69, 9.17) is 299 Å². The molecule has 0 saturated carbocycles. The Kier molecular flexibility index (Phi) is 78.5. The van der Waals surface area contributed by atoms with Gasteiger partial charge in [-0.25, -0.2) is 0 Å². The first-order valence-corrected chi connectivity index (χ1v) is 95.3. The van der Waals surface area contributed by atoms with Crippen molar-refractivity contribution in [3.05, 3.63) is 0 Å². The maximum absolute atomic E-state index is 13.3. The molecule has 0 aliphatic carbocycles. The Morgan fingerprint density at radius 1 is 0.284 bits per heavy atom. The summed E-state index contributed by atoms with van der Waals surface area (Å²) >= 11 is 156. The van der Waals surface area contributed by atoms with Crippen molar-refractivity contribution in [1.29, 1.82) is 0 Å². The molecule has 0 heterocycles. The fraction of sp³-hybridized carbons (Fsp3) is 1.00. The van der Waals surface area contributed by atoms with E-state index in [2.05, 4.69) is 106 Å². The molecule has 0 aromatic rings. The van der Waals surface area contributed by atoms with Gasteiger partial charge in [0, 0.05) is 24.9 Å². The van der Waals surface area contributed by atoms with Crippen molar-refractivity contribution in [2.45, 2.75) is 285 Å².